The van der Waals surface area contributed by atoms with Gasteiger partial charge in [0, 0.05) is 6.61 Å². The molecule has 0 spiro atoms. The number of aryl methyl sites for hydroxylation is 1. The largest absolute Gasteiger partial charge is 0.465 e. The van der Waals surface area contributed by atoms with Crippen molar-refractivity contribution in [2.45, 2.75) is 13.8 Å². The number of rotatable bonds is 5. The minimum atomic E-state index is -0.950. The Balaban J connectivity index is 2.78. The number of benzene rings is 1. The number of hydrogen-bond acceptors (Lipinski definition) is 2. The molecule has 88 valence electrons. The van der Waals surface area contributed by atoms with E-state index in [1.807, 2.05) is 32.0 Å². The zero-order valence-electron chi connectivity index (χ0n) is 9.64. The highest BCUT2D eigenvalue weighted by atomic mass is 16.5. The third kappa shape index (κ3) is 3.24. The van der Waals surface area contributed by atoms with Crippen molar-refractivity contribution in [2.75, 3.05) is 24.7 Å². The maximum absolute atomic E-state index is 11.1. The molecule has 0 atom stereocenters. The van der Waals surface area contributed by atoms with E-state index in [9.17, 15) is 4.79 Å². The molecule has 4 heteroatoms. The standard InChI is InChI=1S/C12H17NO3/c1-3-16-9-8-13(12(14)15)11-7-5-4-6-10(11)2/h4-7H,3,8-9H2,1-2H3,(H,14,15). The van der Waals surface area contributed by atoms with E-state index in [4.69, 9.17) is 9.84 Å². The second kappa shape index (κ2) is 6.12. The molecule has 0 radical (unpaired) electrons. The molecule has 0 saturated carbocycles. The van der Waals surface area contributed by atoms with Crippen molar-refractivity contribution in [2.24, 2.45) is 0 Å². The molecule has 0 unspecified atom stereocenters. The van der Waals surface area contributed by atoms with E-state index in [-0.39, 0.29) is 0 Å². The van der Waals surface area contributed by atoms with Gasteiger partial charge in [0.25, 0.3) is 0 Å². The summed E-state index contributed by atoms with van der Waals surface area (Å²) in [5, 5.41) is 9.12. The Labute approximate surface area is 95.5 Å². The zero-order valence-corrected chi connectivity index (χ0v) is 9.64. The van der Waals surface area contributed by atoms with E-state index in [1.54, 1.807) is 6.07 Å². The van der Waals surface area contributed by atoms with Crippen LogP contribution in [0.15, 0.2) is 24.3 Å². The summed E-state index contributed by atoms with van der Waals surface area (Å²) in [6.45, 7) is 5.15. The Morgan fingerprint density at radius 2 is 2.12 bits per heavy atom. The third-order valence-corrected chi connectivity index (χ3v) is 2.30. The molecule has 0 heterocycles. The molecule has 1 rings (SSSR count). The van der Waals surface area contributed by atoms with Crippen molar-refractivity contribution in [3.05, 3.63) is 29.8 Å². The number of carboxylic acid groups (broad SMARTS) is 1. The van der Waals surface area contributed by atoms with Gasteiger partial charge >= 0.3 is 6.09 Å². The number of anilines is 1. The Bertz CT molecular complexity index is 352. The van der Waals surface area contributed by atoms with E-state index < -0.39 is 6.09 Å². The number of hydrogen-bond donors (Lipinski definition) is 1. The molecule has 0 bridgehead atoms. The van der Waals surface area contributed by atoms with Crippen LogP contribution in [-0.4, -0.2) is 31.0 Å². The highest BCUT2D eigenvalue weighted by molar-refractivity contribution is 5.87. The molecule has 0 saturated heterocycles. The summed E-state index contributed by atoms with van der Waals surface area (Å²) in [5.41, 5.74) is 1.66. The van der Waals surface area contributed by atoms with Crippen LogP contribution in [0, 0.1) is 6.92 Å². The van der Waals surface area contributed by atoms with Crippen molar-refractivity contribution >= 4 is 11.8 Å². The summed E-state index contributed by atoms with van der Waals surface area (Å²) in [4.78, 5) is 12.4. The van der Waals surface area contributed by atoms with Crippen LogP contribution < -0.4 is 4.90 Å². The molecule has 0 aromatic heterocycles. The lowest BCUT2D eigenvalue weighted by Crippen LogP contribution is -2.33. The summed E-state index contributed by atoms with van der Waals surface area (Å²) in [6, 6.07) is 7.42. The second-order valence-corrected chi connectivity index (χ2v) is 3.42. The maximum atomic E-state index is 11.1. The average Bonchev–Trinajstić information content (AvgIpc) is 2.25. The maximum Gasteiger partial charge on any atom is 0.411 e. The van der Waals surface area contributed by atoms with Gasteiger partial charge in [-0.05, 0) is 25.5 Å². The molecule has 1 aromatic rings. The van der Waals surface area contributed by atoms with Gasteiger partial charge in [-0.15, -0.1) is 0 Å². The van der Waals surface area contributed by atoms with Crippen molar-refractivity contribution < 1.29 is 14.6 Å². The second-order valence-electron chi connectivity index (χ2n) is 3.42. The Hall–Kier alpha value is -1.55. The highest BCUT2D eigenvalue weighted by Crippen LogP contribution is 2.19. The first kappa shape index (κ1) is 12.5. The monoisotopic (exact) mass is 223 g/mol. The van der Waals surface area contributed by atoms with Gasteiger partial charge in [0.1, 0.15) is 0 Å². The smallest absolute Gasteiger partial charge is 0.411 e. The molecule has 1 amide bonds. The van der Waals surface area contributed by atoms with Crippen molar-refractivity contribution in [3.8, 4) is 0 Å². The van der Waals surface area contributed by atoms with Crippen LogP contribution in [0.1, 0.15) is 12.5 Å². The summed E-state index contributed by atoms with van der Waals surface area (Å²) in [7, 11) is 0. The van der Waals surface area contributed by atoms with Crippen LogP contribution in [0.25, 0.3) is 0 Å². The molecule has 1 aromatic carbocycles. The van der Waals surface area contributed by atoms with Crippen molar-refractivity contribution in [1.29, 1.82) is 0 Å². The first-order valence-corrected chi connectivity index (χ1v) is 5.30. The quantitative estimate of drug-likeness (QED) is 0.780. The van der Waals surface area contributed by atoms with Crippen LogP contribution in [-0.2, 0) is 4.74 Å². The number of ether oxygens (including phenoxy) is 1. The minimum Gasteiger partial charge on any atom is -0.465 e. The average molecular weight is 223 g/mol. The molecular formula is C12H17NO3. The Morgan fingerprint density at radius 3 is 2.69 bits per heavy atom. The van der Waals surface area contributed by atoms with Gasteiger partial charge in [-0.25, -0.2) is 4.79 Å². The number of carbonyl (C=O) groups is 1. The van der Waals surface area contributed by atoms with Gasteiger partial charge in [0.15, 0.2) is 0 Å². The van der Waals surface area contributed by atoms with Gasteiger partial charge in [-0.1, -0.05) is 18.2 Å². The molecular weight excluding hydrogens is 206 g/mol. The summed E-state index contributed by atoms with van der Waals surface area (Å²) in [6.07, 6.45) is -0.950. The van der Waals surface area contributed by atoms with E-state index >= 15 is 0 Å². The van der Waals surface area contributed by atoms with Crippen LogP contribution in [0.5, 0.6) is 0 Å². The molecule has 1 N–H and O–H groups in total. The van der Waals surface area contributed by atoms with E-state index in [0.29, 0.717) is 19.8 Å². The molecule has 16 heavy (non-hydrogen) atoms. The molecule has 0 aliphatic carbocycles. The normalized spacial score (nSPS) is 10.1. The molecule has 0 aliphatic heterocycles. The third-order valence-electron chi connectivity index (χ3n) is 2.30. The van der Waals surface area contributed by atoms with E-state index in [2.05, 4.69) is 0 Å². The lowest BCUT2D eigenvalue weighted by molar-refractivity contribution is 0.150. The fraction of sp³-hybridized carbons (Fsp3) is 0.417. The zero-order chi connectivity index (χ0) is 12.0. The van der Waals surface area contributed by atoms with Gasteiger partial charge in [-0.2, -0.15) is 0 Å². The summed E-state index contributed by atoms with van der Waals surface area (Å²) < 4.78 is 5.17. The topological polar surface area (TPSA) is 49.8 Å². The Morgan fingerprint density at radius 1 is 1.44 bits per heavy atom. The molecule has 0 fully saturated rings. The number of para-hydroxylation sites is 1. The van der Waals surface area contributed by atoms with Gasteiger partial charge in [0.05, 0.1) is 18.8 Å². The predicted molar refractivity (Wildman–Crippen MR) is 63.0 cm³/mol. The van der Waals surface area contributed by atoms with Gasteiger partial charge < -0.3 is 9.84 Å². The highest BCUT2D eigenvalue weighted by Gasteiger charge is 2.15. The molecule has 0 aliphatic rings. The van der Waals surface area contributed by atoms with Crippen LogP contribution in [0.2, 0.25) is 0 Å². The van der Waals surface area contributed by atoms with Gasteiger partial charge in [-0.3, -0.25) is 4.90 Å². The van der Waals surface area contributed by atoms with Crippen LogP contribution in [0.4, 0.5) is 10.5 Å². The number of nitrogens with zero attached hydrogens (tertiary/aromatic N) is 1. The van der Waals surface area contributed by atoms with Crippen molar-refractivity contribution in [1.82, 2.24) is 0 Å². The summed E-state index contributed by atoms with van der Waals surface area (Å²) >= 11 is 0. The molecule has 4 nitrogen and oxygen atoms in total. The van der Waals surface area contributed by atoms with Gasteiger partial charge in [0.2, 0.25) is 0 Å². The van der Waals surface area contributed by atoms with Crippen LogP contribution in [0.3, 0.4) is 0 Å². The Kier molecular flexibility index (Phi) is 4.79. The SMILES string of the molecule is CCOCCN(C(=O)O)c1ccccc1C. The first-order valence-electron chi connectivity index (χ1n) is 5.30. The fourth-order valence-electron chi connectivity index (χ4n) is 1.49. The number of amides is 1. The van der Waals surface area contributed by atoms with E-state index in [1.165, 1.54) is 4.90 Å². The first-order chi connectivity index (χ1) is 7.66. The summed E-state index contributed by atoms with van der Waals surface area (Å²) in [5.74, 6) is 0. The lowest BCUT2D eigenvalue weighted by Gasteiger charge is -2.20. The minimum absolute atomic E-state index is 0.355. The van der Waals surface area contributed by atoms with E-state index in [0.717, 1.165) is 11.3 Å². The lowest BCUT2D eigenvalue weighted by atomic mass is 10.2. The van der Waals surface area contributed by atoms with Crippen molar-refractivity contribution in [3.63, 3.8) is 0 Å². The van der Waals surface area contributed by atoms with Crippen LogP contribution >= 0.6 is 0 Å². The fourth-order valence-corrected chi connectivity index (χ4v) is 1.49. The predicted octanol–water partition coefficient (Wildman–Crippen LogP) is 2.52.